The van der Waals surface area contributed by atoms with Gasteiger partial charge in [0.1, 0.15) is 6.17 Å². The maximum Gasteiger partial charge on any atom is 0.241 e. The van der Waals surface area contributed by atoms with Crippen molar-refractivity contribution in [3.05, 3.63) is 22.4 Å². The Morgan fingerprint density at radius 3 is 2.94 bits per heavy atom. The van der Waals surface area contributed by atoms with Crippen molar-refractivity contribution in [2.24, 2.45) is 0 Å². The molecule has 88 valence electrons. The van der Waals surface area contributed by atoms with Crippen molar-refractivity contribution in [1.29, 1.82) is 0 Å². The van der Waals surface area contributed by atoms with Crippen LogP contribution < -0.4 is 5.32 Å². The molecular formula is C12H18N2OS. The number of rotatable bonds is 3. The highest BCUT2D eigenvalue weighted by Gasteiger charge is 2.39. The summed E-state index contributed by atoms with van der Waals surface area (Å²) in [5.41, 5.74) is 0. The summed E-state index contributed by atoms with van der Waals surface area (Å²) >= 11 is 1.70. The van der Waals surface area contributed by atoms with Gasteiger partial charge in [-0.05, 0) is 31.7 Å². The second kappa shape index (κ2) is 4.55. The Morgan fingerprint density at radius 2 is 2.38 bits per heavy atom. The van der Waals surface area contributed by atoms with Crippen molar-refractivity contribution in [3.8, 4) is 0 Å². The highest BCUT2D eigenvalue weighted by atomic mass is 32.1. The summed E-state index contributed by atoms with van der Waals surface area (Å²) in [4.78, 5) is 15.3. The number of hydrogen-bond donors (Lipinski definition) is 1. The summed E-state index contributed by atoms with van der Waals surface area (Å²) in [6, 6.07) is 4.34. The molecule has 0 aliphatic carbocycles. The molecule has 2 heterocycles. The van der Waals surface area contributed by atoms with Crippen LogP contribution in [0.4, 0.5) is 0 Å². The fourth-order valence-electron chi connectivity index (χ4n) is 2.07. The van der Waals surface area contributed by atoms with E-state index in [0.29, 0.717) is 0 Å². The first-order valence-electron chi connectivity index (χ1n) is 5.76. The van der Waals surface area contributed by atoms with Crippen molar-refractivity contribution in [2.45, 2.75) is 45.4 Å². The molecule has 1 aromatic heterocycles. The molecule has 0 saturated carbocycles. The minimum Gasteiger partial charge on any atom is -0.318 e. The Hall–Kier alpha value is -0.870. The number of nitrogens with one attached hydrogen (secondary N) is 1. The van der Waals surface area contributed by atoms with Crippen LogP contribution in [0.5, 0.6) is 0 Å². The van der Waals surface area contributed by atoms with Gasteiger partial charge in [0.05, 0.1) is 6.04 Å². The zero-order valence-electron chi connectivity index (χ0n) is 9.93. The first kappa shape index (κ1) is 11.6. The summed E-state index contributed by atoms with van der Waals surface area (Å²) in [6.07, 6.45) is 1.06. The van der Waals surface area contributed by atoms with Gasteiger partial charge in [-0.25, -0.2) is 0 Å². The van der Waals surface area contributed by atoms with E-state index in [4.69, 9.17) is 0 Å². The number of nitrogens with zero attached hydrogens (tertiary/aromatic N) is 1. The second-order valence-corrected chi connectivity index (χ2v) is 5.29. The van der Waals surface area contributed by atoms with Gasteiger partial charge in [0.15, 0.2) is 0 Å². The van der Waals surface area contributed by atoms with Gasteiger partial charge < -0.3 is 4.90 Å². The number of thiophene rings is 1. The Balaban J connectivity index is 2.27. The largest absolute Gasteiger partial charge is 0.318 e. The van der Waals surface area contributed by atoms with Crippen molar-refractivity contribution >= 4 is 17.2 Å². The second-order valence-electron chi connectivity index (χ2n) is 4.31. The molecule has 3 unspecified atom stereocenters. The summed E-state index contributed by atoms with van der Waals surface area (Å²) < 4.78 is 0. The molecule has 4 heteroatoms. The van der Waals surface area contributed by atoms with Crippen molar-refractivity contribution in [2.75, 3.05) is 0 Å². The number of hydrogen-bond acceptors (Lipinski definition) is 3. The van der Waals surface area contributed by atoms with Gasteiger partial charge in [-0.15, -0.1) is 11.3 Å². The maximum atomic E-state index is 12.1. The number of carbonyl (C=O) groups is 1. The molecule has 1 aliphatic rings. The molecular weight excluding hydrogens is 220 g/mol. The van der Waals surface area contributed by atoms with Crippen LogP contribution in [0.15, 0.2) is 17.5 Å². The van der Waals surface area contributed by atoms with Gasteiger partial charge in [0.2, 0.25) is 5.91 Å². The zero-order chi connectivity index (χ0) is 11.7. The molecule has 2 rings (SSSR count). The molecule has 3 atom stereocenters. The van der Waals surface area contributed by atoms with E-state index in [2.05, 4.69) is 30.6 Å². The summed E-state index contributed by atoms with van der Waals surface area (Å²) in [7, 11) is 0. The normalized spacial score (nSPS) is 27.4. The van der Waals surface area contributed by atoms with Crippen molar-refractivity contribution in [3.63, 3.8) is 0 Å². The lowest BCUT2D eigenvalue weighted by Gasteiger charge is -2.29. The third-order valence-corrected chi connectivity index (χ3v) is 4.11. The topological polar surface area (TPSA) is 32.3 Å². The molecule has 1 amide bonds. The van der Waals surface area contributed by atoms with Crippen LogP contribution in [-0.4, -0.2) is 22.9 Å². The molecule has 0 aromatic carbocycles. The van der Waals surface area contributed by atoms with Crippen LogP contribution in [0, 0.1) is 0 Å². The number of carbonyl (C=O) groups excluding carboxylic acids is 1. The summed E-state index contributed by atoms with van der Waals surface area (Å²) in [5, 5.41) is 5.41. The standard InChI is InChI=1S/C12H18N2OS/c1-4-8(2)14-11(10-6-5-7-16-10)13-9(3)12(14)15/h5-9,11,13H,4H2,1-3H3. The predicted octanol–water partition coefficient (Wildman–Crippen LogP) is 2.37. The summed E-state index contributed by atoms with van der Waals surface area (Å²) in [5.74, 6) is 0.216. The van der Waals surface area contributed by atoms with E-state index >= 15 is 0 Å². The Bertz CT molecular complexity index is 363. The molecule has 1 N–H and O–H groups in total. The Morgan fingerprint density at radius 1 is 1.62 bits per heavy atom. The van der Waals surface area contributed by atoms with Crippen LogP contribution in [0.2, 0.25) is 0 Å². The third-order valence-electron chi connectivity index (χ3n) is 3.19. The van der Waals surface area contributed by atoms with Gasteiger partial charge >= 0.3 is 0 Å². The van der Waals surface area contributed by atoms with Gasteiger partial charge in [-0.2, -0.15) is 0 Å². The van der Waals surface area contributed by atoms with Gasteiger partial charge in [0, 0.05) is 10.9 Å². The van der Waals surface area contributed by atoms with Gasteiger partial charge in [-0.3, -0.25) is 10.1 Å². The van der Waals surface area contributed by atoms with E-state index in [0.717, 1.165) is 6.42 Å². The highest BCUT2D eigenvalue weighted by molar-refractivity contribution is 7.10. The first-order chi connectivity index (χ1) is 7.65. The van der Waals surface area contributed by atoms with E-state index < -0.39 is 0 Å². The molecule has 0 spiro atoms. The Kier molecular flexibility index (Phi) is 3.30. The monoisotopic (exact) mass is 238 g/mol. The van der Waals surface area contributed by atoms with Crippen molar-refractivity contribution in [1.82, 2.24) is 10.2 Å². The van der Waals surface area contributed by atoms with E-state index in [1.165, 1.54) is 4.88 Å². The van der Waals surface area contributed by atoms with Crippen LogP contribution in [0.3, 0.4) is 0 Å². The van der Waals surface area contributed by atoms with E-state index in [1.807, 2.05) is 17.9 Å². The molecule has 1 aliphatic heterocycles. The Labute approximate surface area is 100 Å². The van der Waals surface area contributed by atoms with E-state index in [-0.39, 0.29) is 24.2 Å². The quantitative estimate of drug-likeness (QED) is 0.876. The lowest BCUT2D eigenvalue weighted by Crippen LogP contribution is -2.37. The summed E-state index contributed by atoms with van der Waals surface area (Å²) in [6.45, 7) is 6.16. The van der Waals surface area contributed by atoms with Gasteiger partial charge in [-0.1, -0.05) is 13.0 Å². The molecule has 16 heavy (non-hydrogen) atoms. The SMILES string of the molecule is CCC(C)N1C(=O)C(C)NC1c1cccs1. The van der Waals surface area contributed by atoms with Crippen LogP contribution >= 0.6 is 11.3 Å². The zero-order valence-corrected chi connectivity index (χ0v) is 10.8. The molecule has 1 aromatic rings. The van der Waals surface area contributed by atoms with E-state index in [1.54, 1.807) is 11.3 Å². The van der Waals surface area contributed by atoms with Crippen molar-refractivity contribution < 1.29 is 4.79 Å². The van der Waals surface area contributed by atoms with Crippen LogP contribution in [0.25, 0.3) is 0 Å². The van der Waals surface area contributed by atoms with Crippen LogP contribution in [-0.2, 0) is 4.79 Å². The smallest absolute Gasteiger partial charge is 0.241 e. The fraction of sp³-hybridized carbons (Fsp3) is 0.583. The predicted molar refractivity (Wildman–Crippen MR) is 66.3 cm³/mol. The molecule has 3 nitrogen and oxygen atoms in total. The first-order valence-corrected chi connectivity index (χ1v) is 6.64. The molecule has 0 bridgehead atoms. The molecule has 1 saturated heterocycles. The minimum absolute atomic E-state index is 0.0671. The molecule has 1 fully saturated rings. The average Bonchev–Trinajstić information content (AvgIpc) is 2.87. The third kappa shape index (κ3) is 1.87. The lowest BCUT2D eigenvalue weighted by atomic mass is 10.2. The van der Waals surface area contributed by atoms with Crippen LogP contribution in [0.1, 0.15) is 38.2 Å². The lowest BCUT2D eigenvalue weighted by molar-refractivity contribution is -0.131. The number of amides is 1. The minimum atomic E-state index is -0.0684. The highest BCUT2D eigenvalue weighted by Crippen LogP contribution is 2.30. The van der Waals surface area contributed by atoms with E-state index in [9.17, 15) is 4.79 Å². The maximum absolute atomic E-state index is 12.1. The fourth-order valence-corrected chi connectivity index (χ4v) is 2.86. The molecule has 0 radical (unpaired) electrons. The average molecular weight is 238 g/mol. The van der Waals surface area contributed by atoms with Gasteiger partial charge in [0.25, 0.3) is 0 Å².